The smallest absolute Gasteiger partial charge is 0 e. The van der Waals surface area contributed by atoms with E-state index < -0.39 is 0 Å². The van der Waals surface area contributed by atoms with E-state index >= 15 is 0 Å². The molecule has 0 fully saturated rings. The minimum Gasteiger partial charge on any atom is 0 e. The molecule has 0 N–H and O–H groups in total. The molecule has 0 rings (SSSR count). The molecule has 0 unspecified atom stereocenters. The molecule has 0 aliphatic rings. The Labute approximate surface area is 119 Å². The third kappa shape index (κ3) is 9.38. The van der Waals surface area contributed by atoms with Crippen molar-refractivity contribution in [2.45, 2.75) is 0 Å². The van der Waals surface area contributed by atoms with Gasteiger partial charge in [-0.2, -0.15) is 0 Å². The van der Waals surface area contributed by atoms with Crippen LogP contribution in [0, 0.1) is 0 Å². The van der Waals surface area contributed by atoms with Crippen molar-refractivity contribution in [3.8, 4) is 0 Å². The maximum absolute atomic E-state index is 0. The average molecular weight is 405 g/mol. The Kier molecular flexibility index (Phi) is 96.5. The van der Waals surface area contributed by atoms with Gasteiger partial charge in [0.2, 0.25) is 0 Å². The van der Waals surface area contributed by atoms with Gasteiger partial charge in [0, 0.05) is 71.0 Å². The average Bonchev–Trinajstić information content (AvgIpc) is 0. The summed E-state index contributed by atoms with van der Waals surface area (Å²) in [5.74, 6) is 0. The van der Waals surface area contributed by atoms with Gasteiger partial charge in [-0.3, -0.25) is 0 Å². The van der Waals surface area contributed by atoms with E-state index in [1.165, 1.54) is 0 Å². The van der Waals surface area contributed by atoms with Crippen LogP contribution < -0.4 is 0 Å². The largest absolute Gasteiger partial charge is 0 e. The quantitative estimate of drug-likeness (QED) is 0.470. The molecule has 4 heavy (non-hydrogen) atoms. The van der Waals surface area contributed by atoms with Crippen LogP contribution in [-0.2, 0) is 71.0 Å². The molecule has 0 aromatic carbocycles. The molecule has 0 aromatic heterocycles. The van der Waals surface area contributed by atoms with Gasteiger partial charge in [0.1, 0.15) is 0 Å². The topological polar surface area (TPSA) is 0 Å². The van der Waals surface area contributed by atoms with E-state index in [1.807, 2.05) is 0 Å². The molecule has 0 atom stereocenters. The fourth-order valence-electron chi connectivity index (χ4n) is 0. The van der Waals surface area contributed by atoms with Crippen LogP contribution in [0.1, 0.15) is 0 Å². The zero-order chi connectivity index (χ0) is 0. The summed E-state index contributed by atoms with van der Waals surface area (Å²) in [4.78, 5) is 0. The van der Waals surface area contributed by atoms with Crippen LogP contribution in [0.3, 0.4) is 0 Å². The zero-order valence-corrected chi connectivity index (χ0v) is 9.26. The Morgan fingerprint density at radius 2 is 1.00 bits per heavy atom. The van der Waals surface area contributed by atoms with Crippen LogP contribution in [0.25, 0.3) is 0 Å². The van der Waals surface area contributed by atoms with E-state index in [1.54, 1.807) is 0 Å². The first-order valence-electron chi connectivity index (χ1n) is 0. The summed E-state index contributed by atoms with van der Waals surface area (Å²) in [6.45, 7) is 0. The molecule has 0 saturated carbocycles. The minimum absolute atomic E-state index is 0. The van der Waals surface area contributed by atoms with Gasteiger partial charge in [0.05, 0.1) is 0 Å². The van der Waals surface area contributed by atoms with Crippen molar-refractivity contribution in [3.63, 3.8) is 0 Å². The van der Waals surface area contributed by atoms with Gasteiger partial charge in [-0.05, 0) is 0 Å². The Bertz CT molecular complexity index is 8.00. The molecular weight excluding hydrogens is 404 g/mol. The molecule has 0 heterocycles. The van der Waals surface area contributed by atoms with Crippen molar-refractivity contribution < 1.29 is 71.0 Å². The molecule has 0 aliphatic heterocycles. The summed E-state index contributed by atoms with van der Waals surface area (Å²) in [6.07, 6.45) is 0. The molecule has 0 nitrogen and oxygen atoms in total. The summed E-state index contributed by atoms with van der Waals surface area (Å²) in [5, 5.41) is 0. The van der Waals surface area contributed by atoms with Gasteiger partial charge >= 0.3 is 51.4 Å². The fourth-order valence-corrected chi connectivity index (χ4v) is 0. The van der Waals surface area contributed by atoms with Crippen molar-refractivity contribution in [1.29, 1.82) is 0 Å². The Morgan fingerprint density at radius 1 is 1.00 bits per heavy atom. The van der Waals surface area contributed by atoms with Crippen molar-refractivity contribution in [3.05, 3.63) is 0 Å². The number of hydrogen-bond acceptors (Lipinski definition) is 0. The summed E-state index contributed by atoms with van der Waals surface area (Å²) in [5.41, 5.74) is 0. The number of hydrogen-bond donors (Lipinski definition) is 0. The molecule has 0 aliphatic carbocycles. The Morgan fingerprint density at radius 3 is 1.00 bits per heavy atom. The Balaban J connectivity index is 0. The van der Waals surface area contributed by atoms with Crippen LogP contribution in [0.15, 0.2) is 0 Å². The summed E-state index contributed by atoms with van der Waals surface area (Å²) < 4.78 is 0. The van der Waals surface area contributed by atoms with E-state index in [0.717, 1.165) is 0 Å². The molecule has 2 radical (unpaired) electrons. The van der Waals surface area contributed by atoms with Crippen LogP contribution in [0.4, 0.5) is 0 Å². The predicted molar refractivity (Wildman–Crippen MR) is 7.15 cm³/mol. The predicted octanol–water partition coefficient (Wildman–Crippen LogP) is -0.656. The van der Waals surface area contributed by atoms with Crippen LogP contribution in [0.5, 0.6) is 0 Å². The summed E-state index contributed by atoms with van der Waals surface area (Å²) in [7, 11) is 0. The third-order valence-corrected chi connectivity index (χ3v) is 0. The van der Waals surface area contributed by atoms with Crippen LogP contribution in [0.2, 0.25) is 0 Å². The van der Waals surface area contributed by atoms with Gasteiger partial charge in [0.25, 0.3) is 0 Å². The maximum Gasteiger partial charge on any atom is 0 e. The second-order valence-electron chi connectivity index (χ2n) is 0. The molecule has 0 aromatic rings. The van der Waals surface area contributed by atoms with E-state index in [2.05, 4.69) is 0 Å². The molecule has 0 bridgehead atoms. The van der Waals surface area contributed by atoms with E-state index in [0.29, 0.717) is 0 Å². The monoisotopic (exact) mass is 404 g/mol. The Hall–Kier alpha value is 4.00. The van der Waals surface area contributed by atoms with Crippen molar-refractivity contribution in [2.75, 3.05) is 0 Å². The molecule has 0 spiro atoms. The first-order valence-corrected chi connectivity index (χ1v) is 0. The van der Waals surface area contributed by atoms with Crippen molar-refractivity contribution in [1.82, 2.24) is 0 Å². The molecular formula is HKNbTaZr. The zero-order valence-electron chi connectivity index (χ0n) is 1.39. The minimum atomic E-state index is 0. The molecule has 4 heteroatoms. The van der Waals surface area contributed by atoms with Gasteiger partial charge < -0.3 is 0 Å². The second-order valence-corrected chi connectivity index (χ2v) is 0. The summed E-state index contributed by atoms with van der Waals surface area (Å²) >= 11 is 0. The molecule has 16 valence electrons. The molecule has 0 amide bonds. The van der Waals surface area contributed by atoms with Gasteiger partial charge in [-0.15, -0.1) is 0 Å². The SMILES string of the molecule is [KH].[Nb].[Ta].[Zr]. The summed E-state index contributed by atoms with van der Waals surface area (Å²) in [6, 6.07) is 0. The first kappa shape index (κ1) is 24.5. The normalized spacial score (nSPS) is 0. The van der Waals surface area contributed by atoms with Crippen LogP contribution >= 0.6 is 0 Å². The van der Waals surface area contributed by atoms with Crippen molar-refractivity contribution in [2.24, 2.45) is 0 Å². The van der Waals surface area contributed by atoms with E-state index in [9.17, 15) is 0 Å². The first-order chi connectivity index (χ1) is 0. The standard InChI is InChI=1S/K.Nb.Ta.Zr.H. The van der Waals surface area contributed by atoms with Gasteiger partial charge in [-0.25, -0.2) is 0 Å². The van der Waals surface area contributed by atoms with Crippen LogP contribution in [-0.4, -0.2) is 51.4 Å². The maximum atomic E-state index is 0. The third-order valence-electron chi connectivity index (χ3n) is 0. The van der Waals surface area contributed by atoms with Crippen molar-refractivity contribution >= 4 is 51.4 Å². The molecule has 0 saturated heterocycles. The number of rotatable bonds is 0. The van der Waals surface area contributed by atoms with E-state index in [-0.39, 0.29) is 122 Å². The van der Waals surface area contributed by atoms with Gasteiger partial charge in [-0.1, -0.05) is 0 Å². The second kappa shape index (κ2) is 15.8. The fraction of sp³-hybridized carbons (Fsp3) is 0. The van der Waals surface area contributed by atoms with Gasteiger partial charge in [0.15, 0.2) is 0 Å². The van der Waals surface area contributed by atoms with E-state index in [4.69, 9.17) is 0 Å².